The molecule has 4 heterocycles. The molecular formula is C29H31ClFN7O5. The van der Waals surface area contributed by atoms with E-state index < -0.39 is 34.5 Å². The maximum atomic E-state index is 14.6. The van der Waals surface area contributed by atoms with Crippen molar-refractivity contribution in [1.29, 1.82) is 0 Å². The van der Waals surface area contributed by atoms with E-state index in [9.17, 15) is 23.9 Å². The summed E-state index contributed by atoms with van der Waals surface area (Å²) in [5.74, 6) is -2.54. The van der Waals surface area contributed by atoms with Gasteiger partial charge in [-0.1, -0.05) is 11.6 Å². The number of carbonyl (C=O) groups is 2. The van der Waals surface area contributed by atoms with Gasteiger partial charge >= 0.3 is 0 Å². The van der Waals surface area contributed by atoms with Crippen molar-refractivity contribution in [3.05, 3.63) is 63.2 Å². The molecule has 1 aliphatic rings. The summed E-state index contributed by atoms with van der Waals surface area (Å²) in [5, 5.41) is 13.1. The number of aromatic hydroxyl groups is 1. The molecule has 226 valence electrons. The summed E-state index contributed by atoms with van der Waals surface area (Å²) < 4.78 is 23.3. The predicted octanol–water partition coefficient (Wildman–Crippen LogP) is 3.34. The Morgan fingerprint density at radius 1 is 1.30 bits per heavy atom. The van der Waals surface area contributed by atoms with E-state index in [0.29, 0.717) is 23.9 Å². The second-order valence-electron chi connectivity index (χ2n) is 10.7. The molecule has 2 amide bonds. The van der Waals surface area contributed by atoms with Crippen LogP contribution in [-0.2, 0) is 23.1 Å². The zero-order valence-electron chi connectivity index (χ0n) is 24.0. The third kappa shape index (κ3) is 5.90. The van der Waals surface area contributed by atoms with E-state index in [-0.39, 0.29) is 45.9 Å². The van der Waals surface area contributed by atoms with E-state index in [1.54, 1.807) is 13.0 Å². The molecule has 0 radical (unpaired) electrons. The molecule has 5 rings (SSSR count). The minimum atomic E-state index is -1.09. The highest BCUT2D eigenvalue weighted by atomic mass is 35.5. The van der Waals surface area contributed by atoms with Gasteiger partial charge in [0.15, 0.2) is 11.6 Å². The fourth-order valence-electron chi connectivity index (χ4n) is 5.20. The smallest absolute Gasteiger partial charge is 0.263 e. The molecule has 1 fully saturated rings. The van der Waals surface area contributed by atoms with Crippen LogP contribution in [0.1, 0.15) is 35.9 Å². The Morgan fingerprint density at radius 3 is 2.72 bits per heavy atom. The van der Waals surface area contributed by atoms with Crippen molar-refractivity contribution < 1.29 is 23.8 Å². The largest absolute Gasteiger partial charge is 0.504 e. The Balaban J connectivity index is 1.47. The van der Waals surface area contributed by atoms with Crippen LogP contribution in [0, 0.1) is 12.7 Å². The number of primary amides is 1. The lowest BCUT2D eigenvalue weighted by molar-refractivity contribution is -0.116. The quantitative estimate of drug-likeness (QED) is 0.274. The summed E-state index contributed by atoms with van der Waals surface area (Å²) in [7, 11) is 3.41. The number of carbonyl (C=O) groups excluding carboxylic acids is 2. The molecule has 0 spiro atoms. The minimum absolute atomic E-state index is 0.0801. The Hall–Kier alpha value is -4.49. The van der Waals surface area contributed by atoms with Gasteiger partial charge in [-0.3, -0.25) is 19.0 Å². The van der Waals surface area contributed by atoms with Gasteiger partial charge in [-0.05, 0) is 44.4 Å². The summed E-state index contributed by atoms with van der Waals surface area (Å²) in [6.07, 6.45) is 5.16. The van der Waals surface area contributed by atoms with Gasteiger partial charge < -0.3 is 30.4 Å². The van der Waals surface area contributed by atoms with Gasteiger partial charge in [0.25, 0.3) is 11.5 Å². The third-order valence-electron chi connectivity index (χ3n) is 7.58. The van der Waals surface area contributed by atoms with E-state index >= 15 is 0 Å². The summed E-state index contributed by atoms with van der Waals surface area (Å²) in [4.78, 5) is 49.3. The van der Waals surface area contributed by atoms with E-state index in [1.807, 2.05) is 18.9 Å². The van der Waals surface area contributed by atoms with Crippen molar-refractivity contribution in [2.24, 2.45) is 12.8 Å². The molecule has 3 aromatic heterocycles. The number of rotatable bonds is 8. The van der Waals surface area contributed by atoms with Gasteiger partial charge in [0.2, 0.25) is 5.91 Å². The fraction of sp³-hybridized carbons (Fsp3) is 0.345. The van der Waals surface area contributed by atoms with Crippen LogP contribution in [0.4, 0.5) is 15.9 Å². The first-order chi connectivity index (χ1) is 20.3. The van der Waals surface area contributed by atoms with Crippen molar-refractivity contribution in [1.82, 2.24) is 19.1 Å². The Morgan fingerprint density at radius 2 is 2.05 bits per heavy atom. The van der Waals surface area contributed by atoms with E-state index in [1.165, 1.54) is 34.6 Å². The second kappa shape index (κ2) is 11.7. The molecule has 1 aromatic carbocycles. The monoisotopic (exact) mass is 611 g/mol. The van der Waals surface area contributed by atoms with E-state index in [0.717, 1.165) is 18.9 Å². The zero-order chi connectivity index (χ0) is 31.2. The number of hydrogen-bond donors (Lipinski definition) is 3. The molecule has 4 aromatic rings. The number of aryl methyl sites for hydroxylation is 1. The maximum absolute atomic E-state index is 14.6. The molecule has 12 nitrogen and oxygen atoms in total. The summed E-state index contributed by atoms with van der Waals surface area (Å²) in [6.45, 7) is 4.02. The molecule has 1 saturated heterocycles. The highest BCUT2D eigenvalue weighted by Gasteiger charge is 2.25. The summed E-state index contributed by atoms with van der Waals surface area (Å²) in [5.41, 5.74) is 5.24. The molecule has 0 bridgehead atoms. The number of pyridine rings is 1. The second-order valence-corrected chi connectivity index (χ2v) is 11.1. The van der Waals surface area contributed by atoms with Gasteiger partial charge in [-0.25, -0.2) is 14.4 Å². The molecule has 1 aliphatic heterocycles. The van der Waals surface area contributed by atoms with E-state index in [4.69, 9.17) is 22.1 Å². The highest BCUT2D eigenvalue weighted by molar-refractivity contribution is 6.33. The average Bonchev–Trinajstić information content (AvgIpc) is 3.52. The number of hydrogen-bond acceptors (Lipinski definition) is 8. The molecule has 4 N–H and O–H groups in total. The number of nitrogens with one attached hydrogen (secondary N) is 1. The number of amides is 2. The van der Waals surface area contributed by atoms with Crippen molar-refractivity contribution in [3.63, 3.8) is 0 Å². The van der Waals surface area contributed by atoms with E-state index in [2.05, 4.69) is 15.3 Å². The number of aromatic nitrogens is 4. The number of nitrogens with zero attached hydrogens (tertiary/aromatic N) is 5. The Kier molecular flexibility index (Phi) is 8.12. The van der Waals surface area contributed by atoms with Crippen LogP contribution in [0.5, 0.6) is 5.75 Å². The first kappa shape index (κ1) is 30.0. The van der Waals surface area contributed by atoms with Crippen LogP contribution in [0.3, 0.4) is 0 Å². The number of nitrogens with two attached hydrogens (primary N) is 1. The topological polar surface area (TPSA) is 158 Å². The molecule has 2 unspecified atom stereocenters. The molecule has 0 aliphatic carbocycles. The van der Waals surface area contributed by atoms with Gasteiger partial charge in [0, 0.05) is 38.5 Å². The van der Waals surface area contributed by atoms with Crippen LogP contribution in [0.25, 0.3) is 22.2 Å². The van der Waals surface area contributed by atoms with Gasteiger partial charge in [0.05, 0.1) is 40.1 Å². The average molecular weight is 612 g/mol. The van der Waals surface area contributed by atoms with Crippen molar-refractivity contribution in [2.75, 3.05) is 23.8 Å². The number of ether oxygens (including phenoxy) is 1. The SMILES string of the molecule is Cc1nc2c(c(-c3cc(F)c(O)c(C(N)=O)c3)cn2CC(=O)Nc2cc(N(C)CC3CCC(C)O3)ncc2Cl)c(=O)n1C. The minimum Gasteiger partial charge on any atom is -0.504 e. The molecule has 0 saturated carbocycles. The van der Waals surface area contributed by atoms with Crippen molar-refractivity contribution in [3.8, 4) is 16.9 Å². The van der Waals surface area contributed by atoms with Crippen molar-refractivity contribution >= 4 is 46.0 Å². The van der Waals surface area contributed by atoms with Crippen molar-refractivity contribution in [2.45, 2.75) is 45.4 Å². The number of fused-ring (bicyclic) bond motifs is 1. The highest BCUT2D eigenvalue weighted by Crippen LogP contribution is 2.33. The maximum Gasteiger partial charge on any atom is 0.263 e. The van der Waals surface area contributed by atoms with Gasteiger partial charge in [-0.15, -0.1) is 0 Å². The molecule has 2 atom stereocenters. The molecule has 14 heteroatoms. The van der Waals surface area contributed by atoms with Crippen LogP contribution in [-0.4, -0.2) is 61.8 Å². The molecule has 43 heavy (non-hydrogen) atoms. The van der Waals surface area contributed by atoms with Crippen LogP contribution in [0.2, 0.25) is 5.02 Å². The van der Waals surface area contributed by atoms with Crippen LogP contribution in [0.15, 0.2) is 35.4 Å². The fourth-order valence-corrected chi connectivity index (χ4v) is 5.35. The lowest BCUT2D eigenvalue weighted by Gasteiger charge is -2.23. The van der Waals surface area contributed by atoms with Gasteiger partial charge in [-0.2, -0.15) is 0 Å². The lowest BCUT2D eigenvalue weighted by Crippen LogP contribution is -2.29. The Bertz CT molecular complexity index is 1820. The molecular weight excluding hydrogens is 581 g/mol. The van der Waals surface area contributed by atoms with Crippen LogP contribution < -0.4 is 21.5 Å². The number of phenols is 1. The summed E-state index contributed by atoms with van der Waals surface area (Å²) in [6, 6.07) is 3.83. The first-order valence-corrected chi connectivity index (χ1v) is 13.9. The lowest BCUT2D eigenvalue weighted by atomic mass is 10.0. The third-order valence-corrected chi connectivity index (χ3v) is 7.88. The number of halogens is 2. The standard InChI is InChI=1S/C29H31ClFN7O5/c1-14-5-6-17(43-14)11-36(3)23-9-22(20(30)10-33-23)35-24(39)13-38-12-19(25-28(38)34-15(2)37(4)29(25)42)16-7-18(27(32)41)26(40)21(31)8-16/h7-10,12,14,17,40H,5-6,11,13H2,1-4H3,(H2,32,41)(H,33,35,39). The zero-order valence-corrected chi connectivity index (χ0v) is 24.8. The Labute approximate surface area is 250 Å². The van der Waals surface area contributed by atoms with Gasteiger partial charge in [0.1, 0.15) is 23.8 Å². The number of benzene rings is 1. The first-order valence-electron chi connectivity index (χ1n) is 13.5. The predicted molar refractivity (Wildman–Crippen MR) is 160 cm³/mol. The normalized spacial score (nSPS) is 16.5. The number of likely N-dealkylation sites (N-methyl/N-ethyl adjacent to an activating group) is 1. The summed E-state index contributed by atoms with van der Waals surface area (Å²) >= 11 is 6.37. The number of anilines is 2. The van der Waals surface area contributed by atoms with Crippen LogP contribution >= 0.6 is 11.6 Å².